The van der Waals surface area contributed by atoms with Crippen LogP contribution >= 0.6 is 0 Å². The molecule has 3 rings (SSSR count). The van der Waals surface area contributed by atoms with Crippen molar-refractivity contribution in [2.75, 3.05) is 25.0 Å². The molecule has 0 amide bonds. The van der Waals surface area contributed by atoms with Crippen LogP contribution < -0.4 is 5.32 Å². The summed E-state index contributed by atoms with van der Waals surface area (Å²) < 4.78 is 0. The zero-order valence-electron chi connectivity index (χ0n) is 13.2. The van der Waals surface area contributed by atoms with Gasteiger partial charge in [-0.3, -0.25) is 0 Å². The van der Waals surface area contributed by atoms with Crippen molar-refractivity contribution in [1.82, 2.24) is 4.90 Å². The van der Waals surface area contributed by atoms with Gasteiger partial charge in [-0.15, -0.1) is 0 Å². The molecule has 22 heavy (non-hydrogen) atoms. The van der Waals surface area contributed by atoms with Crippen LogP contribution in [0.15, 0.2) is 60.7 Å². The molecule has 1 saturated heterocycles. The summed E-state index contributed by atoms with van der Waals surface area (Å²) in [5.41, 5.74) is 2.70. The van der Waals surface area contributed by atoms with Crippen molar-refractivity contribution < 1.29 is 0 Å². The lowest BCUT2D eigenvalue weighted by Gasteiger charge is -2.21. The van der Waals surface area contributed by atoms with Gasteiger partial charge in [-0.1, -0.05) is 48.5 Å². The molecule has 2 aromatic rings. The van der Waals surface area contributed by atoms with Crippen molar-refractivity contribution in [3.05, 3.63) is 66.2 Å². The maximum Gasteiger partial charge on any atom is 0.0342 e. The van der Waals surface area contributed by atoms with Gasteiger partial charge in [0.1, 0.15) is 0 Å². The average Bonchev–Trinajstić information content (AvgIpc) is 2.80. The van der Waals surface area contributed by atoms with Crippen LogP contribution in [-0.4, -0.2) is 30.6 Å². The molecule has 1 aliphatic heterocycles. The van der Waals surface area contributed by atoms with Gasteiger partial charge in [-0.05, 0) is 49.9 Å². The monoisotopic (exact) mass is 294 g/mol. The maximum atomic E-state index is 3.69. The number of rotatable bonds is 5. The van der Waals surface area contributed by atoms with Crippen LogP contribution in [0, 0.1) is 0 Å². The van der Waals surface area contributed by atoms with Gasteiger partial charge < -0.3 is 10.2 Å². The molecule has 0 saturated carbocycles. The first-order chi connectivity index (χ1) is 10.9. The summed E-state index contributed by atoms with van der Waals surface area (Å²) in [5, 5.41) is 3.69. The third-order valence-corrected chi connectivity index (χ3v) is 4.52. The molecule has 2 aromatic carbocycles. The zero-order chi connectivity index (χ0) is 15.0. The second kappa shape index (κ2) is 8.00. The Kier molecular flexibility index (Phi) is 5.49. The molecule has 0 spiro atoms. The molecule has 116 valence electrons. The number of likely N-dealkylation sites (tertiary alicyclic amines) is 1. The third-order valence-electron chi connectivity index (χ3n) is 4.52. The molecule has 1 heterocycles. The normalized spacial score (nSPS) is 19.5. The van der Waals surface area contributed by atoms with E-state index in [9.17, 15) is 0 Å². The van der Waals surface area contributed by atoms with Crippen LogP contribution in [0.4, 0.5) is 5.69 Å². The summed E-state index contributed by atoms with van der Waals surface area (Å²) >= 11 is 0. The summed E-state index contributed by atoms with van der Waals surface area (Å²) in [7, 11) is 0. The largest absolute Gasteiger partial charge is 0.382 e. The van der Waals surface area contributed by atoms with E-state index in [1.165, 1.54) is 50.1 Å². The quantitative estimate of drug-likeness (QED) is 0.889. The molecule has 1 aliphatic rings. The Morgan fingerprint density at radius 2 is 1.59 bits per heavy atom. The van der Waals surface area contributed by atoms with Crippen molar-refractivity contribution in [3.63, 3.8) is 0 Å². The molecular weight excluding hydrogens is 268 g/mol. The highest BCUT2D eigenvalue weighted by Crippen LogP contribution is 2.17. The highest BCUT2D eigenvalue weighted by molar-refractivity contribution is 5.43. The molecule has 0 aromatic heterocycles. The molecule has 2 heteroatoms. The minimum atomic E-state index is 0.615. The standard InChI is InChI=1S/C20H26N2/c1-3-8-18(9-4-1)13-16-22-15-7-12-20(14-17-22)21-19-10-5-2-6-11-19/h1-6,8-11,20-21H,7,12-17H2/t20-/m1/s1. The summed E-state index contributed by atoms with van der Waals surface area (Å²) in [6.07, 6.45) is 4.97. The Morgan fingerprint density at radius 3 is 2.36 bits per heavy atom. The van der Waals surface area contributed by atoms with E-state index >= 15 is 0 Å². The first kappa shape index (κ1) is 15.1. The van der Waals surface area contributed by atoms with Gasteiger partial charge >= 0.3 is 0 Å². The van der Waals surface area contributed by atoms with E-state index in [0.717, 1.165) is 6.42 Å². The van der Waals surface area contributed by atoms with Crippen LogP contribution in [0.3, 0.4) is 0 Å². The lowest BCUT2D eigenvalue weighted by atomic mass is 10.1. The molecule has 1 atom stereocenters. The van der Waals surface area contributed by atoms with E-state index in [1.54, 1.807) is 0 Å². The Morgan fingerprint density at radius 1 is 0.864 bits per heavy atom. The zero-order valence-corrected chi connectivity index (χ0v) is 13.2. The molecule has 0 aliphatic carbocycles. The molecule has 0 bridgehead atoms. The molecule has 1 fully saturated rings. The average molecular weight is 294 g/mol. The van der Waals surface area contributed by atoms with Crippen LogP contribution in [0.25, 0.3) is 0 Å². The Bertz CT molecular complexity index is 538. The lowest BCUT2D eigenvalue weighted by molar-refractivity contribution is 0.288. The predicted octanol–water partition coefficient (Wildman–Crippen LogP) is 4.20. The Labute approximate surface area is 134 Å². The topological polar surface area (TPSA) is 15.3 Å². The lowest BCUT2D eigenvalue weighted by Crippen LogP contribution is -2.28. The SMILES string of the molecule is c1ccc(CCN2CCC[C@@H](Nc3ccccc3)CC2)cc1. The fourth-order valence-electron chi connectivity index (χ4n) is 3.23. The molecule has 1 N–H and O–H groups in total. The van der Waals surface area contributed by atoms with Crippen LogP contribution in [0.5, 0.6) is 0 Å². The number of nitrogens with one attached hydrogen (secondary N) is 1. The fourth-order valence-corrected chi connectivity index (χ4v) is 3.23. The van der Waals surface area contributed by atoms with Gasteiger partial charge in [-0.2, -0.15) is 0 Å². The van der Waals surface area contributed by atoms with Crippen molar-refractivity contribution in [1.29, 1.82) is 0 Å². The highest BCUT2D eigenvalue weighted by atomic mass is 15.1. The second-order valence-corrected chi connectivity index (χ2v) is 6.22. The molecule has 2 nitrogen and oxygen atoms in total. The van der Waals surface area contributed by atoms with E-state index in [1.807, 2.05) is 0 Å². The van der Waals surface area contributed by atoms with Crippen LogP contribution in [-0.2, 0) is 6.42 Å². The summed E-state index contributed by atoms with van der Waals surface area (Å²) in [4.78, 5) is 2.62. The van der Waals surface area contributed by atoms with Gasteiger partial charge in [-0.25, -0.2) is 0 Å². The summed E-state index contributed by atoms with van der Waals surface area (Å²) in [5.74, 6) is 0. The van der Waals surface area contributed by atoms with E-state index in [0.29, 0.717) is 6.04 Å². The molecule has 0 unspecified atom stereocenters. The first-order valence-corrected chi connectivity index (χ1v) is 8.48. The van der Waals surface area contributed by atoms with E-state index in [4.69, 9.17) is 0 Å². The fraction of sp³-hybridized carbons (Fsp3) is 0.400. The van der Waals surface area contributed by atoms with E-state index < -0.39 is 0 Å². The third kappa shape index (κ3) is 4.60. The van der Waals surface area contributed by atoms with Gasteiger partial charge in [0.05, 0.1) is 0 Å². The van der Waals surface area contributed by atoms with Crippen LogP contribution in [0.1, 0.15) is 24.8 Å². The van der Waals surface area contributed by atoms with Crippen molar-refractivity contribution in [2.24, 2.45) is 0 Å². The number of hydrogen-bond acceptors (Lipinski definition) is 2. The molecular formula is C20H26N2. The first-order valence-electron chi connectivity index (χ1n) is 8.48. The van der Waals surface area contributed by atoms with Gasteiger partial charge in [0.15, 0.2) is 0 Å². The Hall–Kier alpha value is -1.80. The van der Waals surface area contributed by atoms with Crippen LogP contribution in [0.2, 0.25) is 0 Å². The number of para-hydroxylation sites is 1. The smallest absolute Gasteiger partial charge is 0.0342 e. The van der Waals surface area contributed by atoms with Gasteiger partial charge in [0.25, 0.3) is 0 Å². The molecule has 0 radical (unpaired) electrons. The van der Waals surface area contributed by atoms with E-state index in [-0.39, 0.29) is 0 Å². The highest BCUT2D eigenvalue weighted by Gasteiger charge is 2.16. The summed E-state index contributed by atoms with van der Waals surface area (Å²) in [6.45, 7) is 3.62. The van der Waals surface area contributed by atoms with Gasteiger partial charge in [0.2, 0.25) is 0 Å². The van der Waals surface area contributed by atoms with Crippen molar-refractivity contribution >= 4 is 5.69 Å². The number of hydrogen-bond donors (Lipinski definition) is 1. The minimum Gasteiger partial charge on any atom is -0.382 e. The number of anilines is 1. The van der Waals surface area contributed by atoms with Crippen molar-refractivity contribution in [2.45, 2.75) is 31.7 Å². The maximum absolute atomic E-state index is 3.69. The minimum absolute atomic E-state index is 0.615. The van der Waals surface area contributed by atoms with Crippen molar-refractivity contribution in [3.8, 4) is 0 Å². The predicted molar refractivity (Wildman–Crippen MR) is 94.3 cm³/mol. The Balaban J connectivity index is 1.45. The van der Waals surface area contributed by atoms with Gasteiger partial charge in [0, 0.05) is 24.8 Å². The number of benzene rings is 2. The summed E-state index contributed by atoms with van der Waals surface area (Å²) in [6, 6.07) is 22.1. The second-order valence-electron chi connectivity index (χ2n) is 6.22. The number of nitrogens with zero attached hydrogens (tertiary/aromatic N) is 1. The van der Waals surface area contributed by atoms with E-state index in [2.05, 4.69) is 70.9 Å².